The SMILES string of the molecule is CCOC(=O)c1cnc2c(c1)C(Cl)COCC2. The van der Waals surface area contributed by atoms with Gasteiger partial charge in [0.05, 0.1) is 30.8 Å². The molecule has 0 N–H and O–H groups in total. The highest BCUT2D eigenvalue weighted by Crippen LogP contribution is 2.27. The van der Waals surface area contributed by atoms with Crippen LogP contribution in [0.15, 0.2) is 12.3 Å². The first kappa shape index (κ1) is 12.3. The van der Waals surface area contributed by atoms with Gasteiger partial charge in [0.2, 0.25) is 0 Å². The average molecular weight is 256 g/mol. The predicted octanol–water partition coefficient (Wildman–Crippen LogP) is 2.11. The Labute approximate surface area is 105 Å². The van der Waals surface area contributed by atoms with Crippen molar-refractivity contribution in [3.05, 3.63) is 29.1 Å². The highest BCUT2D eigenvalue weighted by Gasteiger charge is 2.20. The maximum Gasteiger partial charge on any atom is 0.339 e. The molecule has 1 atom stereocenters. The van der Waals surface area contributed by atoms with Gasteiger partial charge in [-0.25, -0.2) is 4.79 Å². The molecular formula is C12H14ClNO3. The van der Waals surface area contributed by atoms with E-state index in [1.807, 2.05) is 0 Å². The third-order valence-electron chi connectivity index (χ3n) is 2.60. The van der Waals surface area contributed by atoms with Crippen LogP contribution in [0.2, 0.25) is 0 Å². The molecule has 0 saturated carbocycles. The molecule has 1 aliphatic rings. The van der Waals surface area contributed by atoms with Crippen LogP contribution in [-0.4, -0.2) is 30.8 Å². The lowest BCUT2D eigenvalue weighted by atomic mass is 10.1. The number of esters is 1. The van der Waals surface area contributed by atoms with E-state index in [-0.39, 0.29) is 11.3 Å². The summed E-state index contributed by atoms with van der Waals surface area (Å²) in [5.41, 5.74) is 2.21. The van der Waals surface area contributed by atoms with E-state index in [9.17, 15) is 4.79 Å². The number of nitrogens with zero attached hydrogens (tertiary/aromatic N) is 1. The van der Waals surface area contributed by atoms with Gasteiger partial charge in [0, 0.05) is 18.3 Å². The Morgan fingerprint density at radius 3 is 3.29 bits per heavy atom. The third kappa shape index (κ3) is 2.76. The van der Waals surface area contributed by atoms with Crippen molar-refractivity contribution >= 4 is 17.6 Å². The number of carbonyl (C=O) groups is 1. The summed E-state index contributed by atoms with van der Waals surface area (Å²) >= 11 is 6.19. The molecule has 4 nitrogen and oxygen atoms in total. The lowest BCUT2D eigenvalue weighted by Gasteiger charge is -2.10. The number of hydrogen-bond donors (Lipinski definition) is 0. The van der Waals surface area contributed by atoms with Gasteiger partial charge in [-0.05, 0) is 18.6 Å². The lowest BCUT2D eigenvalue weighted by molar-refractivity contribution is 0.0525. The maximum absolute atomic E-state index is 11.6. The van der Waals surface area contributed by atoms with Gasteiger partial charge in [-0.15, -0.1) is 11.6 Å². The Balaban J connectivity index is 2.31. The molecule has 2 heterocycles. The fourth-order valence-corrected chi connectivity index (χ4v) is 2.04. The number of carbonyl (C=O) groups excluding carboxylic acids is 1. The zero-order valence-electron chi connectivity index (χ0n) is 9.61. The number of hydrogen-bond acceptors (Lipinski definition) is 4. The molecule has 1 aromatic rings. The second kappa shape index (κ2) is 5.47. The summed E-state index contributed by atoms with van der Waals surface area (Å²) in [7, 11) is 0. The minimum absolute atomic E-state index is 0.255. The minimum atomic E-state index is -0.364. The van der Waals surface area contributed by atoms with Crippen LogP contribution in [0.4, 0.5) is 0 Å². The van der Waals surface area contributed by atoms with E-state index >= 15 is 0 Å². The van der Waals surface area contributed by atoms with Crippen molar-refractivity contribution < 1.29 is 14.3 Å². The van der Waals surface area contributed by atoms with Crippen molar-refractivity contribution in [2.75, 3.05) is 19.8 Å². The van der Waals surface area contributed by atoms with E-state index in [1.54, 1.807) is 13.0 Å². The predicted molar refractivity (Wildman–Crippen MR) is 63.3 cm³/mol. The van der Waals surface area contributed by atoms with E-state index in [0.717, 1.165) is 17.7 Å². The molecule has 0 saturated heterocycles. The Morgan fingerprint density at radius 2 is 2.53 bits per heavy atom. The number of alkyl halides is 1. The van der Waals surface area contributed by atoms with Crippen molar-refractivity contribution in [3.63, 3.8) is 0 Å². The summed E-state index contributed by atoms with van der Waals surface area (Å²) in [6.45, 7) is 3.18. The molecule has 0 spiro atoms. The summed E-state index contributed by atoms with van der Waals surface area (Å²) in [5, 5.41) is -0.255. The van der Waals surface area contributed by atoms with Crippen LogP contribution in [-0.2, 0) is 15.9 Å². The highest BCUT2D eigenvalue weighted by atomic mass is 35.5. The number of aromatic nitrogens is 1. The summed E-state index contributed by atoms with van der Waals surface area (Å²) in [6.07, 6.45) is 2.26. The Hall–Kier alpha value is -1.13. The zero-order valence-corrected chi connectivity index (χ0v) is 10.4. The molecule has 1 aliphatic heterocycles. The van der Waals surface area contributed by atoms with Gasteiger partial charge < -0.3 is 9.47 Å². The van der Waals surface area contributed by atoms with Crippen LogP contribution < -0.4 is 0 Å². The van der Waals surface area contributed by atoms with E-state index in [2.05, 4.69) is 4.98 Å². The summed E-state index contributed by atoms with van der Waals surface area (Å²) in [5.74, 6) is -0.364. The molecule has 0 aromatic carbocycles. The van der Waals surface area contributed by atoms with E-state index in [0.29, 0.717) is 25.4 Å². The van der Waals surface area contributed by atoms with Crippen molar-refractivity contribution in [1.29, 1.82) is 0 Å². The number of ether oxygens (including phenoxy) is 2. The summed E-state index contributed by atoms with van der Waals surface area (Å²) in [6, 6.07) is 1.76. The fourth-order valence-electron chi connectivity index (χ4n) is 1.76. The number of halogens is 1. The molecule has 0 radical (unpaired) electrons. The summed E-state index contributed by atoms with van der Waals surface area (Å²) < 4.78 is 10.3. The third-order valence-corrected chi connectivity index (χ3v) is 2.96. The van der Waals surface area contributed by atoms with Crippen LogP contribution in [0.5, 0.6) is 0 Å². The molecule has 0 fully saturated rings. The van der Waals surface area contributed by atoms with E-state index < -0.39 is 0 Å². The normalized spacial score (nSPS) is 19.3. The van der Waals surface area contributed by atoms with Gasteiger partial charge >= 0.3 is 5.97 Å². The number of pyridine rings is 1. The van der Waals surface area contributed by atoms with Crippen molar-refractivity contribution in [2.45, 2.75) is 18.7 Å². The molecule has 0 bridgehead atoms. The zero-order chi connectivity index (χ0) is 12.3. The van der Waals surface area contributed by atoms with Gasteiger partial charge in [-0.1, -0.05) is 0 Å². The van der Waals surface area contributed by atoms with Gasteiger partial charge in [-0.3, -0.25) is 4.98 Å². The highest BCUT2D eigenvalue weighted by molar-refractivity contribution is 6.21. The molecule has 5 heteroatoms. The molecule has 0 amide bonds. The van der Waals surface area contributed by atoms with Crippen LogP contribution >= 0.6 is 11.6 Å². The quantitative estimate of drug-likeness (QED) is 0.600. The lowest BCUT2D eigenvalue weighted by Crippen LogP contribution is -2.08. The van der Waals surface area contributed by atoms with Crippen molar-refractivity contribution in [1.82, 2.24) is 4.98 Å². The number of fused-ring (bicyclic) bond motifs is 1. The van der Waals surface area contributed by atoms with Crippen LogP contribution in [0.1, 0.15) is 33.9 Å². The van der Waals surface area contributed by atoms with Crippen molar-refractivity contribution in [2.24, 2.45) is 0 Å². The Morgan fingerprint density at radius 1 is 1.71 bits per heavy atom. The molecule has 0 aliphatic carbocycles. The standard InChI is InChI=1S/C12H14ClNO3/c1-2-17-12(15)8-5-9-10(13)7-16-4-3-11(9)14-6-8/h5-6,10H,2-4,7H2,1H3. The Kier molecular flexibility index (Phi) is 3.97. The largest absolute Gasteiger partial charge is 0.462 e. The van der Waals surface area contributed by atoms with E-state index in [1.165, 1.54) is 6.20 Å². The first-order valence-electron chi connectivity index (χ1n) is 5.60. The second-order valence-electron chi connectivity index (χ2n) is 3.77. The fraction of sp³-hybridized carbons (Fsp3) is 0.500. The average Bonchev–Trinajstić information content (AvgIpc) is 2.51. The number of rotatable bonds is 2. The topological polar surface area (TPSA) is 48.4 Å². The van der Waals surface area contributed by atoms with Crippen LogP contribution in [0.3, 0.4) is 0 Å². The van der Waals surface area contributed by atoms with Crippen LogP contribution in [0.25, 0.3) is 0 Å². The first-order valence-corrected chi connectivity index (χ1v) is 6.03. The second-order valence-corrected chi connectivity index (χ2v) is 4.30. The smallest absolute Gasteiger partial charge is 0.339 e. The van der Waals surface area contributed by atoms with Crippen molar-refractivity contribution in [3.8, 4) is 0 Å². The van der Waals surface area contributed by atoms with E-state index in [4.69, 9.17) is 21.1 Å². The first-order chi connectivity index (χ1) is 8.22. The van der Waals surface area contributed by atoms with Crippen LogP contribution in [0, 0.1) is 0 Å². The molecule has 1 unspecified atom stereocenters. The Bertz CT molecular complexity index is 422. The molecule has 2 rings (SSSR count). The molecule has 1 aromatic heterocycles. The monoisotopic (exact) mass is 255 g/mol. The van der Waals surface area contributed by atoms with Gasteiger partial charge in [0.1, 0.15) is 0 Å². The van der Waals surface area contributed by atoms with Gasteiger partial charge in [0.15, 0.2) is 0 Å². The molecular weight excluding hydrogens is 242 g/mol. The van der Waals surface area contributed by atoms with Gasteiger partial charge in [0.25, 0.3) is 0 Å². The van der Waals surface area contributed by atoms with Gasteiger partial charge in [-0.2, -0.15) is 0 Å². The molecule has 17 heavy (non-hydrogen) atoms. The summed E-state index contributed by atoms with van der Waals surface area (Å²) in [4.78, 5) is 15.9. The maximum atomic E-state index is 11.6. The minimum Gasteiger partial charge on any atom is -0.462 e. The molecule has 92 valence electrons.